The second-order valence-corrected chi connectivity index (χ2v) is 13.8. The number of aliphatic hydroxyl groups excluding tert-OH is 1. The summed E-state index contributed by atoms with van der Waals surface area (Å²) < 4.78 is 14.2. The lowest BCUT2D eigenvalue weighted by atomic mass is 9.84. The maximum atomic E-state index is 14.2. The SMILES string of the molecule is Cc1ncsc1-c1ccc(C(CF)CC(=O)C2CC(O)CN2C(=O)C(NC(=O)CC(C)(C)C)C(C)(C)C)cc1. The van der Waals surface area contributed by atoms with E-state index in [0.717, 1.165) is 16.1 Å². The maximum Gasteiger partial charge on any atom is 0.246 e. The molecule has 2 N–H and O–H groups in total. The number of hydrogen-bond acceptors (Lipinski definition) is 6. The predicted molar refractivity (Wildman–Crippen MR) is 152 cm³/mol. The molecule has 0 saturated carbocycles. The van der Waals surface area contributed by atoms with Crippen LogP contribution in [0, 0.1) is 17.8 Å². The van der Waals surface area contributed by atoms with Crippen molar-refractivity contribution in [3.63, 3.8) is 0 Å². The minimum absolute atomic E-state index is 0.000149. The number of halogens is 1. The van der Waals surface area contributed by atoms with Gasteiger partial charge in [-0.3, -0.25) is 18.8 Å². The summed E-state index contributed by atoms with van der Waals surface area (Å²) >= 11 is 1.54. The Kier molecular flexibility index (Phi) is 9.70. The van der Waals surface area contributed by atoms with E-state index in [1.54, 1.807) is 5.51 Å². The van der Waals surface area contributed by atoms with E-state index in [2.05, 4.69) is 10.3 Å². The highest BCUT2D eigenvalue weighted by Crippen LogP contribution is 2.32. The zero-order valence-corrected chi connectivity index (χ0v) is 24.9. The second kappa shape index (κ2) is 12.3. The molecule has 1 aromatic heterocycles. The van der Waals surface area contributed by atoms with E-state index in [1.807, 2.05) is 72.7 Å². The van der Waals surface area contributed by atoms with Crippen molar-refractivity contribution in [2.45, 2.75) is 91.8 Å². The summed E-state index contributed by atoms with van der Waals surface area (Å²) in [6, 6.07) is 5.74. The summed E-state index contributed by atoms with van der Waals surface area (Å²) in [5.74, 6) is -1.60. The van der Waals surface area contributed by atoms with Gasteiger partial charge in [0.1, 0.15) is 6.04 Å². The molecular formula is C30H42FN3O4S. The fraction of sp³-hybridized carbons (Fsp3) is 0.600. The summed E-state index contributed by atoms with van der Waals surface area (Å²) in [6.07, 6.45) is -0.607. The highest BCUT2D eigenvalue weighted by Gasteiger charge is 2.44. The number of hydrogen-bond donors (Lipinski definition) is 2. The van der Waals surface area contributed by atoms with E-state index in [1.165, 1.54) is 16.2 Å². The Balaban J connectivity index is 1.76. The second-order valence-electron chi connectivity index (χ2n) is 12.9. The lowest BCUT2D eigenvalue weighted by Crippen LogP contribution is -2.57. The molecule has 0 aliphatic carbocycles. The predicted octanol–water partition coefficient (Wildman–Crippen LogP) is 5.06. The van der Waals surface area contributed by atoms with Crippen LogP contribution in [0.15, 0.2) is 29.8 Å². The number of aliphatic hydroxyl groups is 1. The van der Waals surface area contributed by atoms with Crippen LogP contribution in [0.5, 0.6) is 0 Å². The molecule has 2 aromatic rings. The molecule has 7 nitrogen and oxygen atoms in total. The van der Waals surface area contributed by atoms with Crippen LogP contribution in [-0.2, 0) is 14.4 Å². The van der Waals surface area contributed by atoms with Gasteiger partial charge in [-0.2, -0.15) is 0 Å². The molecule has 1 fully saturated rings. The van der Waals surface area contributed by atoms with Crippen LogP contribution >= 0.6 is 11.3 Å². The smallest absolute Gasteiger partial charge is 0.246 e. The Hall–Kier alpha value is -2.65. The van der Waals surface area contributed by atoms with Gasteiger partial charge < -0.3 is 15.3 Å². The number of carbonyl (C=O) groups excluding carboxylic acids is 3. The van der Waals surface area contributed by atoms with Gasteiger partial charge in [0.25, 0.3) is 0 Å². The molecule has 3 rings (SSSR count). The Labute approximate surface area is 235 Å². The Morgan fingerprint density at radius 3 is 2.31 bits per heavy atom. The van der Waals surface area contributed by atoms with Gasteiger partial charge in [0.15, 0.2) is 5.78 Å². The van der Waals surface area contributed by atoms with Crippen molar-refractivity contribution in [1.29, 1.82) is 0 Å². The van der Waals surface area contributed by atoms with E-state index in [9.17, 15) is 23.9 Å². The standard InChI is InChI=1S/C30H42FN3O4S/c1-18-26(39-17-32-18)20-10-8-19(9-11-20)21(15-31)12-24(36)23-13-22(35)16-34(23)28(38)27(30(5,6)7)33-25(37)14-29(2,3)4/h8-11,17,21-23,27,35H,12-16H2,1-7H3,(H,33,37). The molecule has 9 heteroatoms. The Morgan fingerprint density at radius 1 is 1.15 bits per heavy atom. The number of likely N-dealkylation sites (tertiary alicyclic amines) is 1. The zero-order chi connectivity index (χ0) is 29.1. The molecule has 2 amide bonds. The highest BCUT2D eigenvalue weighted by atomic mass is 32.1. The van der Waals surface area contributed by atoms with Gasteiger partial charge in [0.2, 0.25) is 11.8 Å². The number of rotatable bonds is 9. The summed E-state index contributed by atoms with van der Waals surface area (Å²) in [6.45, 7) is 12.6. The number of alkyl halides is 1. The molecule has 4 atom stereocenters. The molecule has 1 saturated heterocycles. The number of amides is 2. The van der Waals surface area contributed by atoms with E-state index >= 15 is 0 Å². The molecule has 1 aliphatic heterocycles. The van der Waals surface area contributed by atoms with E-state index in [0.29, 0.717) is 5.56 Å². The third kappa shape index (κ3) is 7.94. The fourth-order valence-corrected chi connectivity index (χ4v) is 5.81. The summed E-state index contributed by atoms with van der Waals surface area (Å²) in [5.41, 5.74) is 3.53. The van der Waals surface area contributed by atoms with Crippen LogP contribution in [0.4, 0.5) is 4.39 Å². The van der Waals surface area contributed by atoms with Crippen LogP contribution < -0.4 is 5.32 Å². The third-order valence-corrected chi connectivity index (χ3v) is 8.04. The number of aryl methyl sites for hydroxylation is 1. The first kappa shape index (κ1) is 30.9. The van der Waals surface area contributed by atoms with Crippen molar-refractivity contribution in [3.8, 4) is 10.4 Å². The molecule has 4 unspecified atom stereocenters. The van der Waals surface area contributed by atoms with Crippen molar-refractivity contribution in [2.75, 3.05) is 13.2 Å². The van der Waals surface area contributed by atoms with E-state index in [4.69, 9.17) is 0 Å². The number of ketones is 1. The van der Waals surface area contributed by atoms with Crippen LogP contribution in [-0.4, -0.2) is 64.0 Å². The van der Waals surface area contributed by atoms with Crippen molar-refractivity contribution < 1.29 is 23.9 Å². The summed E-state index contributed by atoms with van der Waals surface area (Å²) in [7, 11) is 0. The minimum atomic E-state index is -0.870. The van der Waals surface area contributed by atoms with Gasteiger partial charge in [-0.05, 0) is 28.9 Å². The lowest BCUT2D eigenvalue weighted by molar-refractivity contribution is -0.143. The molecule has 0 spiro atoms. The van der Waals surface area contributed by atoms with Crippen LogP contribution in [0.3, 0.4) is 0 Å². The third-order valence-electron chi connectivity index (χ3n) is 7.07. The molecule has 2 heterocycles. The van der Waals surface area contributed by atoms with Gasteiger partial charge in [0.05, 0.1) is 34.9 Å². The van der Waals surface area contributed by atoms with Crippen molar-refractivity contribution >= 4 is 28.9 Å². The molecule has 1 aliphatic rings. The lowest BCUT2D eigenvalue weighted by Gasteiger charge is -2.36. The summed E-state index contributed by atoms with van der Waals surface area (Å²) in [4.78, 5) is 46.6. The largest absolute Gasteiger partial charge is 0.391 e. The van der Waals surface area contributed by atoms with Crippen molar-refractivity contribution in [2.24, 2.45) is 10.8 Å². The molecule has 39 heavy (non-hydrogen) atoms. The van der Waals surface area contributed by atoms with Gasteiger partial charge in [-0.25, -0.2) is 4.98 Å². The number of benzene rings is 1. The normalized spacial score (nSPS) is 19.6. The van der Waals surface area contributed by atoms with Gasteiger partial charge in [0, 0.05) is 31.7 Å². The Morgan fingerprint density at radius 2 is 1.79 bits per heavy atom. The monoisotopic (exact) mass is 559 g/mol. The minimum Gasteiger partial charge on any atom is -0.391 e. The van der Waals surface area contributed by atoms with Crippen molar-refractivity contribution in [3.05, 3.63) is 41.0 Å². The molecule has 0 radical (unpaired) electrons. The number of carbonyl (C=O) groups is 3. The molecule has 1 aromatic carbocycles. The Bertz CT molecular complexity index is 1170. The maximum absolute atomic E-state index is 14.2. The van der Waals surface area contributed by atoms with E-state index < -0.39 is 42.1 Å². The van der Waals surface area contributed by atoms with Gasteiger partial charge in [-0.15, -0.1) is 11.3 Å². The topological polar surface area (TPSA) is 99.6 Å². The number of aromatic nitrogens is 1. The fourth-order valence-electron chi connectivity index (χ4n) is 5.00. The van der Waals surface area contributed by atoms with Crippen LogP contribution in [0.1, 0.15) is 78.0 Å². The number of Topliss-reactive ketones (excluding diaryl/α,β-unsaturated/α-hetero) is 1. The number of nitrogens with zero attached hydrogens (tertiary/aromatic N) is 2. The first-order valence-corrected chi connectivity index (χ1v) is 14.4. The zero-order valence-electron chi connectivity index (χ0n) is 24.1. The quantitative estimate of drug-likeness (QED) is 0.448. The average Bonchev–Trinajstić information content (AvgIpc) is 3.44. The van der Waals surface area contributed by atoms with Crippen LogP contribution in [0.25, 0.3) is 10.4 Å². The van der Waals surface area contributed by atoms with Gasteiger partial charge >= 0.3 is 0 Å². The highest BCUT2D eigenvalue weighted by molar-refractivity contribution is 7.13. The molecular weight excluding hydrogens is 517 g/mol. The average molecular weight is 560 g/mol. The number of thiazole rings is 1. The number of β-amino-alcohol motifs (C(OH)–C–C–N with tert-alkyl or cyclic N) is 1. The van der Waals surface area contributed by atoms with E-state index in [-0.39, 0.29) is 42.9 Å². The van der Waals surface area contributed by atoms with Gasteiger partial charge in [-0.1, -0.05) is 65.8 Å². The van der Waals surface area contributed by atoms with Crippen LogP contribution in [0.2, 0.25) is 0 Å². The molecule has 0 bridgehead atoms. The first-order valence-electron chi connectivity index (χ1n) is 13.5. The number of nitrogens with one attached hydrogen (secondary N) is 1. The summed E-state index contributed by atoms with van der Waals surface area (Å²) in [5, 5.41) is 13.3. The van der Waals surface area contributed by atoms with Crippen molar-refractivity contribution in [1.82, 2.24) is 15.2 Å². The first-order chi connectivity index (χ1) is 18.1. The molecule has 214 valence electrons.